The van der Waals surface area contributed by atoms with Crippen LogP contribution in [0, 0.1) is 32.4 Å². The number of benzene rings is 3. The van der Waals surface area contributed by atoms with Crippen molar-refractivity contribution in [3.8, 4) is 11.5 Å². The number of aryl methyl sites for hydroxylation is 4. The second kappa shape index (κ2) is 17.3. The minimum absolute atomic E-state index is 0.0672. The van der Waals surface area contributed by atoms with Gasteiger partial charge in [0.2, 0.25) is 5.91 Å². The maximum absolute atomic E-state index is 14.2. The topological polar surface area (TPSA) is 149 Å². The van der Waals surface area contributed by atoms with E-state index in [1.165, 1.54) is 18.2 Å². The molecule has 2 atom stereocenters. The molecule has 0 saturated heterocycles. The lowest BCUT2D eigenvalue weighted by Crippen LogP contribution is -2.71. The van der Waals surface area contributed by atoms with Crippen LogP contribution in [0.1, 0.15) is 86.6 Å². The third-order valence-electron chi connectivity index (χ3n) is 10.6. The zero-order valence-electron chi connectivity index (χ0n) is 31.6. The van der Waals surface area contributed by atoms with Crippen LogP contribution in [0.25, 0.3) is 0 Å². The molecule has 0 spiro atoms. The molecule has 0 aromatic heterocycles. The van der Waals surface area contributed by atoms with E-state index in [-0.39, 0.29) is 47.7 Å². The number of fused-ring (bicyclic) bond motifs is 3. The summed E-state index contributed by atoms with van der Waals surface area (Å²) in [5.74, 6) is -1.91. The van der Waals surface area contributed by atoms with Gasteiger partial charge in [-0.25, -0.2) is 13.3 Å². The van der Waals surface area contributed by atoms with E-state index in [2.05, 4.69) is 10.6 Å². The molecule has 55 heavy (non-hydrogen) atoms. The third kappa shape index (κ3) is 10.6. The molecule has 2 bridgehead atoms. The van der Waals surface area contributed by atoms with Crippen LogP contribution in [0.15, 0.2) is 48.5 Å². The van der Waals surface area contributed by atoms with Crippen LogP contribution in [-0.4, -0.2) is 53.3 Å². The zero-order chi connectivity index (χ0) is 40.1. The van der Waals surface area contributed by atoms with Gasteiger partial charge in [-0.3, -0.25) is 14.4 Å². The van der Waals surface area contributed by atoms with E-state index < -0.39 is 55.3 Å². The summed E-state index contributed by atoms with van der Waals surface area (Å²) >= 11 is 5.75. The van der Waals surface area contributed by atoms with Crippen molar-refractivity contribution in [3.05, 3.63) is 93.0 Å². The van der Waals surface area contributed by atoms with Crippen molar-refractivity contribution >= 4 is 37.6 Å². The van der Waals surface area contributed by atoms with Crippen molar-refractivity contribution in [2.75, 3.05) is 13.4 Å². The molecule has 2 amide bonds. The molecule has 3 fully saturated rings. The Morgan fingerprint density at radius 3 is 2.35 bits per heavy atom. The quantitative estimate of drug-likeness (QED) is 0.0759. The normalized spacial score (nSPS) is 20.7. The number of hydrogen-bond donors (Lipinski definition) is 3. The van der Waals surface area contributed by atoms with E-state index in [0.717, 1.165) is 17.2 Å². The van der Waals surface area contributed by atoms with Crippen LogP contribution in [0.3, 0.4) is 0 Å². The molecule has 3 aliphatic carbocycles. The van der Waals surface area contributed by atoms with Gasteiger partial charge in [-0.2, -0.15) is 0 Å². The van der Waals surface area contributed by atoms with E-state index in [4.69, 9.17) is 30.3 Å². The average Bonchev–Trinajstić information content (AvgIpc) is 3.09. The van der Waals surface area contributed by atoms with Gasteiger partial charge in [0.15, 0.2) is 19.1 Å². The lowest BCUT2D eigenvalue weighted by molar-refractivity contribution is -0.180. The summed E-state index contributed by atoms with van der Waals surface area (Å²) in [7, 11) is -2.94. The number of rotatable bonds is 16. The maximum Gasteiger partial charge on any atom is 0.747 e. The largest absolute Gasteiger partial charge is 0.747 e. The van der Waals surface area contributed by atoms with Crippen molar-refractivity contribution in [2.45, 2.75) is 109 Å². The van der Waals surface area contributed by atoms with Crippen molar-refractivity contribution in [1.82, 2.24) is 10.6 Å². The number of ether oxygens (including phenoxy) is 3. The molecular weight excluding hydrogens is 757 g/mol. The zero-order valence-corrected chi connectivity index (χ0v) is 33.2. The number of halogens is 3. The highest BCUT2D eigenvalue weighted by Gasteiger charge is 2.56. The molecule has 11 nitrogen and oxygen atoms in total. The lowest BCUT2D eigenvalue weighted by Gasteiger charge is -2.57. The molecule has 3 aliphatic rings. The van der Waals surface area contributed by atoms with Gasteiger partial charge in [0.1, 0.15) is 17.4 Å². The number of carbonyl (C=O) groups is 3. The summed E-state index contributed by atoms with van der Waals surface area (Å²) < 4.78 is 62.2. The molecule has 296 valence electrons. The highest BCUT2D eigenvalue weighted by Crippen LogP contribution is 2.48. The first-order valence-electron chi connectivity index (χ1n) is 18.1. The first-order chi connectivity index (χ1) is 25.9. The summed E-state index contributed by atoms with van der Waals surface area (Å²) in [6, 6.07) is 12.3. The van der Waals surface area contributed by atoms with E-state index in [1.54, 1.807) is 39.0 Å². The standard InChI is InChI=1S/C40H46ClF2N2O9P/c1-24-16-26(3)37(32(17-24)54-55(49)50)38(4,5)21-36(48)53-23-52-33-20-39(44-35(47)22-51-28-9-10-29(41)31(43)19-28)12-14-40(33,15-13-39)45-34(46)11-8-27-7-6-25(2)30(42)18-27/h6-7,9-10,16-19,33H,8,11-15,20-23H2,1-5H3,(H2-,44,45,46,47,49,50)/p+1/t33-,39?,40?/m0/s1. The van der Waals surface area contributed by atoms with Crippen molar-refractivity contribution in [1.29, 1.82) is 0 Å². The van der Waals surface area contributed by atoms with E-state index in [9.17, 15) is 32.6 Å². The summed E-state index contributed by atoms with van der Waals surface area (Å²) in [5.41, 5.74) is 1.02. The van der Waals surface area contributed by atoms with Crippen LogP contribution in [0.4, 0.5) is 8.78 Å². The van der Waals surface area contributed by atoms with Gasteiger partial charge in [0.05, 0.1) is 23.1 Å². The Labute approximate surface area is 325 Å². The van der Waals surface area contributed by atoms with Crippen LogP contribution in [-0.2, 0) is 40.3 Å². The molecule has 6 rings (SSSR count). The predicted octanol–water partition coefficient (Wildman–Crippen LogP) is 7.53. The minimum atomic E-state index is -2.94. The molecule has 0 aliphatic heterocycles. The van der Waals surface area contributed by atoms with Gasteiger partial charge in [0.25, 0.3) is 5.91 Å². The Morgan fingerprint density at radius 2 is 1.67 bits per heavy atom. The van der Waals surface area contributed by atoms with E-state index in [1.807, 2.05) is 19.9 Å². The minimum Gasteiger partial charge on any atom is -0.484 e. The van der Waals surface area contributed by atoms with Gasteiger partial charge in [-0.15, -0.1) is 4.89 Å². The number of esters is 1. The second-order valence-corrected chi connectivity index (χ2v) is 16.4. The Hall–Kier alpha value is -4.16. The summed E-state index contributed by atoms with van der Waals surface area (Å²) in [5, 5.41) is 6.20. The highest BCUT2D eigenvalue weighted by molar-refractivity contribution is 7.32. The molecule has 15 heteroatoms. The third-order valence-corrected chi connectivity index (χ3v) is 11.3. The van der Waals surface area contributed by atoms with Crippen molar-refractivity contribution in [3.63, 3.8) is 0 Å². The SMILES string of the molecule is Cc1cc(C)c(C(C)(C)CC(=O)OCO[C@H]2CC3(NC(=O)COc4ccc(Cl)c(F)c4)CCC2(NC(=O)CCc2ccc(C)c(F)c2)CC3)c(O[P+](=O)O)c1. The van der Waals surface area contributed by atoms with E-state index in [0.29, 0.717) is 55.2 Å². The number of hydrogen-bond acceptors (Lipinski definition) is 8. The number of carbonyl (C=O) groups excluding carboxylic acids is 3. The maximum atomic E-state index is 14.2. The first-order valence-corrected chi connectivity index (χ1v) is 19.6. The Morgan fingerprint density at radius 1 is 0.945 bits per heavy atom. The van der Waals surface area contributed by atoms with Gasteiger partial charge in [-0.1, -0.05) is 43.6 Å². The van der Waals surface area contributed by atoms with Crippen LogP contribution in [0.5, 0.6) is 11.5 Å². The summed E-state index contributed by atoms with van der Waals surface area (Å²) in [4.78, 5) is 49.2. The number of amides is 2. The van der Waals surface area contributed by atoms with E-state index >= 15 is 0 Å². The first kappa shape index (κ1) is 42.0. The molecule has 0 heterocycles. The molecule has 3 aromatic carbocycles. The summed E-state index contributed by atoms with van der Waals surface area (Å²) in [6.07, 6.45) is 1.91. The molecule has 0 radical (unpaired) electrons. The smallest absolute Gasteiger partial charge is 0.484 e. The average molecular weight is 804 g/mol. The van der Waals surface area contributed by atoms with Crippen molar-refractivity contribution < 1.29 is 51.4 Å². The van der Waals surface area contributed by atoms with Gasteiger partial charge >= 0.3 is 14.2 Å². The Balaban J connectivity index is 1.26. The Bertz CT molecular complexity index is 1950. The fourth-order valence-corrected chi connectivity index (χ4v) is 8.35. The fourth-order valence-electron chi connectivity index (χ4n) is 7.92. The van der Waals surface area contributed by atoms with Crippen LogP contribution in [0.2, 0.25) is 5.02 Å². The molecule has 3 saturated carbocycles. The highest BCUT2D eigenvalue weighted by atomic mass is 35.5. The molecule has 3 aromatic rings. The summed E-state index contributed by atoms with van der Waals surface area (Å²) in [6.45, 7) is 8.14. The molecule has 1 unspecified atom stereocenters. The fraction of sp³-hybridized carbons (Fsp3) is 0.475. The lowest BCUT2D eigenvalue weighted by atomic mass is 9.59. The van der Waals surface area contributed by atoms with Crippen LogP contribution >= 0.6 is 19.9 Å². The van der Waals surface area contributed by atoms with Crippen molar-refractivity contribution in [2.24, 2.45) is 0 Å². The molecular formula is C40H47ClF2N2O9P+. The Kier molecular flexibility index (Phi) is 13.2. The number of nitrogens with one attached hydrogen (secondary N) is 2. The second-order valence-electron chi connectivity index (χ2n) is 15.3. The van der Waals surface area contributed by atoms with Gasteiger partial charge < -0.3 is 24.8 Å². The molecule has 3 N–H and O–H groups in total. The van der Waals surface area contributed by atoms with Gasteiger partial charge in [-0.05, 0) is 106 Å². The monoisotopic (exact) mass is 803 g/mol. The predicted molar refractivity (Wildman–Crippen MR) is 201 cm³/mol. The van der Waals surface area contributed by atoms with Crippen LogP contribution < -0.4 is 19.9 Å². The van der Waals surface area contributed by atoms with Gasteiger partial charge in [0, 0.05) is 33.6 Å².